The zero-order chi connectivity index (χ0) is 16.3. The van der Waals surface area contributed by atoms with Crippen molar-refractivity contribution in [2.24, 2.45) is 11.3 Å². The summed E-state index contributed by atoms with van der Waals surface area (Å²) < 4.78 is 5.81. The summed E-state index contributed by atoms with van der Waals surface area (Å²) in [7, 11) is 0. The van der Waals surface area contributed by atoms with Crippen LogP contribution < -0.4 is 0 Å². The molecule has 132 valence electrons. The fraction of sp³-hybridized carbons (Fsp3) is 0.947. The van der Waals surface area contributed by atoms with E-state index in [4.69, 9.17) is 4.74 Å². The van der Waals surface area contributed by atoms with Crippen LogP contribution in [0.15, 0.2) is 0 Å². The minimum absolute atomic E-state index is 0.0743. The van der Waals surface area contributed by atoms with Crippen molar-refractivity contribution in [2.75, 3.05) is 19.7 Å². The quantitative estimate of drug-likeness (QED) is 0.809. The maximum absolute atomic E-state index is 12.6. The molecule has 4 nitrogen and oxygen atoms in total. The number of carbonyl (C=O) groups is 1. The van der Waals surface area contributed by atoms with Crippen LogP contribution in [-0.2, 0) is 9.53 Å². The Balaban J connectivity index is 1.49. The molecule has 3 rings (SSSR count). The zero-order valence-electron chi connectivity index (χ0n) is 14.6. The first-order chi connectivity index (χ1) is 11.2. The fourth-order valence-corrected chi connectivity index (χ4v) is 4.93. The summed E-state index contributed by atoms with van der Waals surface area (Å²) in [6, 6.07) is 0. The van der Waals surface area contributed by atoms with Crippen LogP contribution in [0.5, 0.6) is 0 Å². The van der Waals surface area contributed by atoms with E-state index in [9.17, 15) is 9.90 Å². The molecule has 23 heavy (non-hydrogen) atoms. The van der Waals surface area contributed by atoms with Crippen LogP contribution in [-0.4, -0.2) is 47.8 Å². The van der Waals surface area contributed by atoms with Gasteiger partial charge < -0.3 is 14.7 Å². The van der Waals surface area contributed by atoms with Crippen molar-refractivity contribution in [1.29, 1.82) is 0 Å². The molecular formula is C19H33NO3. The van der Waals surface area contributed by atoms with Gasteiger partial charge in [0.2, 0.25) is 5.91 Å². The smallest absolute Gasteiger partial charge is 0.222 e. The lowest BCUT2D eigenvalue weighted by atomic mass is 9.58. The number of ether oxygens (including phenoxy) is 1. The summed E-state index contributed by atoms with van der Waals surface area (Å²) in [6.07, 6.45) is 11.0. The highest BCUT2D eigenvalue weighted by Gasteiger charge is 2.56. The third-order valence-corrected chi connectivity index (χ3v) is 6.60. The Morgan fingerprint density at radius 1 is 1.17 bits per heavy atom. The van der Waals surface area contributed by atoms with Gasteiger partial charge in [0, 0.05) is 38.0 Å². The fourth-order valence-electron chi connectivity index (χ4n) is 4.93. The van der Waals surface area contributed by atoms with E-state index in [0.29, 0.717) is 18.4 Å². The summed E-state index contributed by atoms with van der Waals surface area (Å²) >= 11 is 0. The highest BCUT2D eigenvalue weighted by Crippen LogP contribution is 2.51. The summed E-state index contributed by atoms with van der Waals surface area (Å²) in [4.78, 5) is 14.7. The number of aliphatic hydroxyl groups excluding tert-OH is 1. The Hall–Kier alpha value is -0.610. The molecule has 1 heterocycles. The molecule has 2 unspecified atom stereocenters. The lowest BCUT2D eigenvalue weighted by Crippen LogP contribution is -2.62. The first-order valence-electron chi connectivity index (χ1n) is 9.73. The second-order valence-corrected chi connectivity index (χ2v) is 7.87. The average Bonchev–Trinajstić information content (AvgIpc) is 2.83. The highest BCUT2D eigenvalue weighted by atomic mass is 16.5. The van der Waals surface area contributed by atoms with Crippen LogP contribution in [0.1, 0.15) is 71.1 Å². The average molecular weight is 323 g/mol. The van der Waals surface area contributed by atoms with E-state index in [-0.39, 0.29) is 17.6 Å². The number of amides is 1. The van der Waals surface area contributed by atoms with E-state index >= 15 is 0 Å². The van der Waals surface area contributed by atoms with Crippen LogP contribution in [0.4, 0.5) is 0 Å². The van der Waals surface area contributed by atoms with Gasteiger partial charge in [-0.25, -0.2) is 0 Å². The second-order valence-electron chi connectivity index (χ2n) is 7.87. The monoisotopic (exact) mass is 323 g/mol. The van der Waals surface area contributed by atoms with Crippen LogP contribution in [0.3, 0.4) is 0 Å². The predicted octanol–water partition coefficient (Wildman–Crippen LogP) is 3.13. The Kier molecular flexibility index (Phi) is 5.63. The molecule has 4 heteroatoms. The third kappa shape index (κ3) is 3.58. The molecule has 0 bridgehead atoms. The molecule has 1 saturated heterocycles. The number of hydrogen-bond donors (Lipinski definition) is 1. The molecule has 2 aliphatic carbocycles. The third-order valence-electron chi connectivity index (χ3n) is 6.60. The number of hydrogen-bond acceptors (Lipinski definition) is 3. The standard InChI is InChI=1S/C19H33NO3/c1-2-23-17-14-16(21)19(17)9-11-20(12-10-19)18(22)13-15-7-5-3-4-6-8-15/h15-17,21H,2-14H2,1H3. The van der Waals surface area contributed by atoms with Gasteiger partial charge in [0.1, 0.15) is 0 Å². The summed E-state index contributed by atoms with van der Waals surface area (Å²) in [6.45, 7) is 4.33. The molecule has 3 fully saturated rings. The van der Waals surface area contributed by atoms with Gasteiger partial charge in [0.05, 0.1) is 12.2 Å². The van der Waals surface area contributed by atoms with Gasteiger partial charge in [-0.15, -0.1) is 0 Å². The Morgan fingerprint density at radius 3 is 2.39 bits per heavy atom. The Morgan fingerprint density at radius 2 is 1.83 bits per heavy atom. The predicted molar refractivity (Wildman–Crippen MR) is 90.1 cm³/mol. The number of nitrogens with zero attached hydrogens (tertiary/aromatic N) is 1. The molecule has 0 aromatic carbocycles. The van der Waals surface area contributed by atoms with E-state index in [0.717, 1.165) is 38.8 Å². The SMILES string of the molecule is CCOC1CC(O)C12CCN(C(=O)CC1CCCCCC1)CC2. The Labute approximate surface area is 140 Å². The molecule has 1 N–H and O–H groups in total. The van der Waals surface area contributed by atoms with Crippen molar-refractivity contribution < 1.29 is 14.6 Å². The van der Waals surface area contributed by atoms with E-state index < -0.39 is 0 Å². The molecule has 1 amide bonds. The number of carbonyl (C=O) groups excluding carboxylic acids is 1. The normalized spacial score (nSPS) is 31.7. The topological polar surface area (TPSA) is 49.8 Å². The van der Waals surface area contributed by atoms with Crippen LogP contribution in [0, 0.1) is 11.3 Å². The van der Waals surface area contributed by atoms with Crippen LogP contribution in [0.25, 0.3) is 0 Å². The minimum Gasteiger partial charge on any atom is -0.392 e. The van der Waals surface area contributed by atoms with Crippen molar-refractivity contribution in [3.63, 3.8) is 0 Å². The van der Waals surface area contributed by atoms with E-state index in [2.05, 4.69) is 0 Å². The molecule has 0 radical (unpaired) electrons. The van der Waals surface area contributed by atoms with Crippen molar-refractivity contribution in [2.45, 2.75) is 83.3 Å². The van der Waals surface area contributed by atoms with Crippen LogP contribution >= 0.6 is 0 Å². The summed E-state index contributed by atoms with van der Waals surface area (Å²) in [5, 5.41) is 10.3. The maximum atomic E-state index is 12.6. The highest BCUT2D eigenvalue weighted by molar-refractivity contribution is 5.76. The Bertz CT molecular complexity index is 393. The molecule has 3 aliphatic rings. The van der Waals surface area contributed by atoms with E-state index in [1.54, 1.807) is 0 Å². The van der Waals surface area contributed by atoms with E-state index in [1.165, 1.54) is 38.5 Å². The van der Waals surface area contributed by atoms with Crippen LogP contribution in [0.2, 0.25) is 0 Å². The lowest BCUT2D eigenvalue weighted by Gasteiger charge is -2.56. The van der Waals surface area contributed by atoms with Gasteiger partial charge in [-0.1, -0.05) is 25.7 Å². The number of aliphatic hydroxyl groups is 1. The summed E-state index contributed by atoms with van der Waals surface area (Å²) in [5.41, 5.74) is -0.0743. The molecular weight excluding hydrogens is 290 g/mol. The minimum atomic E-state index is -0.238. The van der Waals surface area contributed by atoms with Crippen molar-refractivity contribution >= 4 is 5.91 Å². The van der Waals surface area contributed by atoms with Gasteiger partial charge in [0.15, 0.2) is 0 Å². The molecule has 2 atom stereocenters. The largest absolute Gasteiger partial charge is 0.392 e. The summed E-state index contributed by atoms with van der Waals surface area (Å²) in [5.74, 6) is 0.944. The van der Waals surface area contributed by atoms with Crippen molar-refractivity contribution in [3.8, 4) is 0 Å². The van der Waals surface area contributed by atoms with Gasteiger partial charge in [0.25, 0.3) is 0 Å². The maximum Gasteiger partial charge on any atom is 0.222 e. The zero-order valence-corrected chi connectivity index (χ0v) is 14.6. The number of rotatable bonds is 4. The van der Waals surface area contributed by atoms with Gasteiger partial charge in [-0.05, 0) is 38.5 Å². The molecule has 1 aliphatic heterocycles. The molecule has 1 spiro atoms. The van der Waals surface area contributed by atoms with Crippen molar-refractivity contribution in [3.05, 3.63) is 0 Å². The van der Waals surface area contributed by atoms with Gasteiger partial charge in [-0.2, -0.15) is 0 Å². The first kappa shape index (κ1) is 17.2. The lowest BCUT2D eigenvalue weighted by molar-refractivity contribution is -0.210. The first-order valence-corrected chi connectivity index (χ1v) is 9.73. The molecule has 0 aromatic heterocycles. The van der Waals surface area contributed by atoms with Crippen molar-refractivity contribution in [1.82, 2.24) is 4.90 Å². The number of piperidine rings is 1. The van der Waals surface area contributed by atoms with Gasteiger partial charge >= 0.3 is 0 Å². The number of likely N-dealkylation sites (tertiary alicyclic amines) is 1. The van der Waals surface area contributed by atoms with Gasteiger partial charge in [-0.3, -0.25) is 4.79 Å². The molecule has 2 saturated carbocycles. The second kappa shape index (κ2) is 7.52. The molecule has 0 aromatic rings. The van der Waals surface area contributed by atoms with E-state index in [1.807, 2.05) is 11.8 Å².